The monoisotopic (exact) mass is 137 g/mol. The summed E-state index contributed by atoms with van der Waals surface area (Å²) in [6.07, 6.45) is 1.28. The Morgan fingerprint density at radius 1 is 1.88 bits per heavy atom. The lowest BCUT2D eigenvalue weighted by Gasteiger charge is -2.03. The highest BCUT2D eigenvalue weighted by Gasteiger charge is 1.97. The third kappa shape index (κ3) is 4.39. The lowest BCUT2D eigenvalue weighted by Crippen LogP contribution is -2.23. The maximum absolute atomic E-state index is 8.73. The number of hydrogen-bond donors (Lipinski definition) is 2. The third-order valence-corrected chi connectivity index (χ3v) is 1.02. The van der Waals surface area contributed by atoms with Crippen molar-refractivity contribution in [2.75, 3.05) is 19.4 Å². The fourth-order valence-corrected chi connectivity index (χ4v) is 0.508. The Bertz CT molecular complexity index is 53.3. The molecule has 3 nitrogen and oxygen atoms in total. The summed E-state index contributed by atoms with van der Waals surface area (Å²) >= 11 is 1.23. The van der Waals surface area contributed by atoms with Gasteiger partial charge in [-0.2, -0.15) is 0 Å². The van der Waals surface area contributed by atoms with E-state index in [1.165, 1.54) is 12.0 Å². The molecule has 3 N–H and O–H groups in total. The minimum absolute atomic E-state index is 0.264. The van der Waals surface area contributed by atoms with Gasteiger partial charge in [-0.1, -0.05) is 0 Å². The minimum Gasteiger partial charge on any atom is -0.389 e. The van der Waals surface area contributed by atoms with Crippen molar-refractivity contribution in [2.45, 2.75) is 6.10 Å². The minimum atomic E-state index is -0.512. The maximum atomic E-state index is 8.73. The molecule has 0 amide bonds. The van der Waals surface area contributed by atoms with Crippen molar-refractivity contribution in [3.8, 4) is 0 Å². The summed E-state index contributed by atoms with van der Waals surface area (Å²) in [4.78, 5) is 0. The number of aliphatic hydroxyl groups is 1. The summed E-state index contributed by atoms with van der Waals surface area (Å²) in [5, 5.41) is 8.73. The van der Waals surface area contributed by atoms with Crippen LogP contribution < -0.4 is 5.73 Å². The molecule has 0 radical (unpaired) electrons. The van der Waals surface area contributed by atoms with E-state index in [1.54, 1.807) is 6.26 Å². The van der Waals surface area contributed by atoms with E-state index in [-0.39, 0.29) is 6.54 Å². The average Bonchev–Trinajstić information content (AvgIpc) is 1.83. The molecule has 0 aromatic heterocycles. The van der Waals surface area contributed by atoms with Gasteiger partial charge < -0.3 is 15.0 Å². The summed E-state index contributed by atoms with van der Waals surface area (Å²) in [6.45, 7) is 0.582. The van der Waals surface area contributed by atoms with E-state index in [0.29, 0.717) is 6.61 Å². The Kier molecular flexibility index (Phi) is 5.52. The van der Waals surface area contributed by atoms with Crippen LogP contribution in [0.3, 0.4) is 0 Å². The van der Waals surface area contributed by atoms with Gasteiger partial charge in [0, 0.05) is 12.8 Å². The summed E-state index contributed by atoms with van der Waals surface area (Å²) in [5.74, 6) is 0. The molecule has 1 atom stereocenters. The van der Waals surface area contributed by atoms with Gasteiger partial charge in [-0.15, -0.1) is 0 Å². The Morgan fingerprint density at radius 3 is 2.88 bits per heavy atom. The Morgan fingerprint density at radius 2 is 2.50 bits per heavy atom. The van der Waals surface area contributed by atoms with Crippen LogP contribution in [0.2, 0.25) is 0 Å². The lowest BCUT2D eigenvalue weighted by atomic mass is 10.4. The normalized spacial score (nSPS) is 13.9. The van der Waals surface area contributed by atoms with Gasteiger partial charge in [0.15, 0.2) is 0 Å². The second-order valence-corrected chi connectivity index (χ2v) is 1.91. The van der Waals surface area contributed by atoms with Gasteiger partial charge in [-0.05, 0) is 12.0 Å². The second kappa shape index (κ2) is 5.37. The highest BCUT2D eigenvalue weighted by molar-refractivity contribution is 7.93. The number of nitrogens with two attached hydrogens (primary N) is 1. The van der Waals surface area contributed by atoms with Gasteiger partial charge in [0.1, 0.15) is 0 Å². The Labute approximate surface area is 53.4 Å². The third-order valence-electron chi connectivity index (χ3n) is 0.650. The molecule has 0 unspecified atom stereocenters. The number of rotatable bonds is 4. The molecule has 50 valence electrons. The first-order valence-corrected chi connectivity index (χ1v) is 3.50. The van der Waals surface area contributed by atoms with Crippen LogP contribution >= 0.6 is 12.0 Å². The zero-order valence-corrected chi connectivity index (χ0v) is 5.65. The van der Waals surface area contributed by atoms with Gasteiger partial charge in [0.25, 0.3) is 0 Å². The molecular formula is C4H11NO2S. The van der Waals surface area contributed by atoms with Crippen molar-refractivity contribution < 1.29 is 9.29 Å². The van der Waals surface area contributed by atoms with Crippen LogP contribution in [0.25, 0.3) is 0 Å². The highest BCUT2D eigenvalue weighted by Crippen LogP contribution is 1.94. The molecule has 0 aliphatic rings. The summed E-state index contributed by atoms with van der Waals surface area (Å²) in [7, 11) is 0. The van der Waals surface area contributed by atoms with E-state index in [9.17, 15) is 0 Å². The van der Waals surface area contributed by atoms with E-state index in [1.807, 2.05) is 0 Å². The van der Waals surface area contributed by atoms with E-state index < -0.39 is 6.10 Å². The molecule has 0 rings (SSSR count). The molecule has 0 aromatic carbocycles. The summed E-state index contributed by atoms with van der Waals surface area (Å²) in [6, 6.07) is 0. The second-order valence-electron chi connectivity index (χ2n) is 1.34. The van der Waals surface area contributed by atoms with Crippen LogP contribution in [0.15, 0.2) is 0 Å². The SMILES string of the molecule is CSOC[C@@H](O)CN. The fraction of sp³-hybridized carbons (Fsp3) is 1.00. The van der Waals surface area contributed by atoms with E-state index in [4.69, 9.17) is 15.0 Å². The largest absolute Gasteiger partial charge is 0.389 e. The first kappa shape index (κ1) is 8.23. The zero-order chi connectivity index (χ0) is 6.41. The van der Waals surface area contributed by atoms with E-state index in [0.717, 1.165) is 0 Å². The van der Waals surface area contributed by atoms with Crippen molar-refractivity contribution in [3.63, 3.8) is 0 Å². The molecule has 4 heteroatoms. The van der Waals surface area contributed by atoms with Crippen LogP contribution in [0.4, 0.5) is 0 Å². The predicted octanol–water partition coefficient (Wildman–Crippen LogP) is -0.399. The number of aliphatic hydroxyl groups excluding tert-OH is 1. The number of hydrogen-bond acceptors (Lipinski definition) is 4. The van der Waals surface area contributed by atoms with E-state index in [2.05, 4.69) is 0 Å². The first-order chi connectivity index (χ1) is 3.81. The molecule has 0 fully saturated rings. The first-order valence-electron chi connectivity index (χ1n) is 2.35. The average molecular weight is 137 g/mol. The Balaban J connectivity index is 2.86. The molecule has 0 bridgehead atoms. The smallest absolute Gasteiger partial charge is 0.0908 e. The lowest BCUT2D eigenvalue weighted by molar-refractivity contribution is 0.126. The van der Waals surface area contributed by atoms with Crippen molar-refractivity contribution in [3.05, 3.63) is 0 Å². The molecule has 0 spiro atoms. The molecular weight excluding hydrogens is 126 g/mol. The molecule has 8 heavy (non-hydrogen) atoms. The van der Waals surface area contributed by atoms with E-state index >= 15 is 0 Å². The topological polar surface area (TPSA) is 55.5 Å². The van der Waals surface area contributed by atoms with Crippen LogP contribution in [0.5, 0.6) is 0 Å². The van der Waals surface area contributed by atoms with Crippen molar-refractivity contribution in [1.82, 2.24) is 0 Å². The molecule has 0 saturated heterocycles. The van der Waals surface area contributed by atoms with Crippen LogP contribution in [0, 0.1) is 0 Å². The maximum Gasteiger partial charge on any atom is 0.0908 e. The van der Waals surface area contributed by atoms with Gasteiger partial charge in [0.2, 0.25) is 0 Å². The standard InChI is InChI=1S/C4H11NO2S/c1-8-7-3-4(6)2-5/h4,6H,2-3,5H2,1H3/t4-/m0/s1. The van der Waals surface area contributed by atoms with Gasteiger partial charge >= 0.3 is 0 Å². The highest BCUT2D eigenvalue weighted by atomic mass is 32.2. The Hall–Kier alpha value is 0.230. The molecule has 0 aromatic rings. The van der Waals surface area contributed by atoms with Gasteiger partial charge in [0.05, 0.1) is 12.7 Å². The molecule has 0 aliphatic carbocycles. The van der Waals surface area contributed by atoms with Crippen LogP contribution in [-0.4, -0.2) is 30.6 Å². The summed E-state index contributed by atoms with van der Waals surface area (Å²) < 4.78 is 4.77. The van der Waals surface area contributed by atoms with Crippen LogP contribution in [0.1, 0.15) is 0 Å². The van der Waals surface area contributed by atoms with Crippen molar-refractivity contribution in [2.24, 2.45) is 5.73 Å². The zero-order valence-electron chi connectivity index (χ0n) is 4.83. The molecule has 0 heterocycles. The molecule has 0 aliphatic heterocycles. The quantitative estimate of drug-likeness (QED) is 0.518. The van der Waals surface area contributed by atoms with Crippen molar-refractivity contribution >= 4 is 12.0 Å². The molecule has 0 saturated carbocycles. The summed E-state index contributed by atoms with van der Waals surface area (Å²) in [5.41, 5.74) is 5.07. The van der Waals surface area contributed by atoms with Crippen molar-refractivity contribution in [1.29, 1.82) is 0 Å². The fourth-order valence-electron chi connectivity index (χ4n) is 0.215. The van der Waals surface area contributed by atoms with Gasteiger partial charge in [-0.25, -0.2) is 0 Å². The van der Waals surface area contributed by atoms with Gasteiger partial charge in [-0.3, -0.25) is 0 Å². The van der Waals surface area contributed by atoms with Crippen LogP contribution in [-0.2, 0) is 4.18 Å². The predicted molar refractivity (Wildman–Crippen MR) is 34.5 cm³/mol.